The SMILES string of the molecule is CCC1CCCC(Oc2nc(N)ncc2[N+](=O)[O-])C1. The van der Waals surface area contributed by atoms with Crippen LogP contribution < -0.4 is 10.5 Å². The Morgan fingerprint density at radius 3 is 3.05 bits per heavy atom. The molecule has 2 rings (SSSR count). The molecule has 2 atom stereocenters. The molecule has 7 heteroatoms. The largest absolute Gasteiger partial charge is 0.469 e. The van der Waals surface area contributed by atoms with Gasteiger partial charge in [-0.1, -0.05) is 19.8 Å². The van der Waals surface area contributed by atoms with Gasteiger partial charge in [-0.25, -0.2) is 4.98 Å². The molecular weight excluding hydrogens is 248 g/mol. The van der Waals surface area contributed by atoms with Crippen LogP contribution in [0.5, 0.6) is 5.88 Å². The molecule has 0 saturated heterocycles. The number of rotatable bonds is 4. The number of hydrogen-bond donors (Lipinski definition) is 1. The highest BCUT2D eigenvalue weighted by Gasteiger charge is 2.26. The summed E-state index contributed by atoms with van der Waals surface area (Å²) >= 11 is 0. The minimum atomic E-state index is -0.547. The Hall–Kier alpha value is -1.92. The molecule has 2 N–H and O–H groups in total. The molecule has 0 aromatic carbocycles. The fraction of sp³-hybridized carbons (Fsp3) is 0.667. The number of hydrogen-bond acceptors (Lipinski definition) is 6. The Morgan fingerprint density at radius 2 is 2.37 bits per heavy atom. The lowest BCUT2D eigenvalue weighted by atomic mass is 9.85. The van der Waals surface area contributed by atoms with Gasteiger partial charge in [-0.15, -0.1) is 0 Å². The van der Waals surface area contributed by atoms with E-state index in [1.165, 1.54) is 6.42 Å². The maximum atomic E-state index is 10.9. The van der Waals surface area contributed by atoms with E-state index in [2.05, 4.69) is 16.9 Å². The standard InChI is InChI=1S/C12H18N4O3/c1-2-8-4-3-5-9(6-8)19-11-10(16(17)18)7-14-12(13)15-11/h7-9H,2-6H2,1H3,(H2,13,14,15). The van der Waals surface area contributed by atoms with Gasteiger partial charge in [0.05, 0.1) is 4.92 Å². The zero-order valence-electron chi connectivity index (χ0n) is 10.9. The van der Waals surface area contributed by atoms with Crippen LogP contribution in [0, 0.1) is 16.0 Å². The average molecular weight is 266 g/mol. The van der Waals surface area contributed by atoms with E-state index in [-0.39, 0.29) is 23.6 Å². The lowest BCUT2D eigenvalue weighted by molar-refractivity contribution is -0.386. The molecule has 0 amide bonds. The molecule has 0 bridgehead atoms. The zero-order chi connectivity index (χ0) is 13.8. The summed E-state index contributed by atoms with van der Waals surface area (Å²) in [4.78, 5) is 17.8. The maximum absolute atomic E-state index is 10.9. The number of aromatic nitrogens is 2. The molecule has 7 nitrogen and oxygen atoms in total. The van der Waals surface area contributed by atoms with Crippen LogP contribution in [-0.4, -0.2) is 21.0 Å². The van der Waals surface area contributed by atoms with Crippen LogP contribution in [0.3, 0.4) is 0 Å². The van der Waals surface area contributed by atoms with Crippen molar-refractivity contribution in [3.05, 3.63) is 16.3 Å². The summed E-state index contributed by atoms with van der Waals surface area (Å²) in [5.74, 6) is 0.597. The topological polar surface area (TPSA) is 104 Å². The Labute approximate surface area is 111 Å². The summed E-state index contributed by atoms with van der Waals surface area (Å²) < 4.78 is 5.69. The van der Waals surface area contributed by atoms with Gasteiger partial charge in [0.2, 0.25) is 5.95 Å². The van der Waals surface area contributed by atoms with Crippen molar-refractivity contribution in [1.82, 2.24) is 9.97 Å². The first-order valence-electron chi connectivity index (χ1n) is 6.53. The predicted octanol–water partition coefficient (Wildman–Crippen LogP) is 2.31. The van der Waals surface area contributed by atoms with E-state index in [1.807, 2.05) is 0 Å². The summed E-state index contributed by atoms with van der Waals surface area (Å²) in [6, 6.07) is 0. The van der Waals surface area contributed by atoms with Crippen molar-refractivity contribution in [1.29, 1.82) is 0 Å². The molecule has 0 spiro atoms. The molecule has 1 aromatic rings. The first-order chi connectivity index (χ1) is 9.10. The van der Waals surface area contributed by atoms with Gasteiger partial charge in [-0.3, -0.25) is 10.1 Å². The van der Waals surface area contributed by atoms with Crippen molar-refractivity contribution < 1.29 is 9.66 Å². The second-order valence-corrected chi connectivity index (χ2v) is 4.86. The fourth-order valence-electron chi connectivity index (χ4n) is 2.46. The van der Waals surface area contributed by atoms with Gasteiger partial charge in [-0.05, 0) is 25.2 Å². The fourth-order valence-corrected chi connectivity index (χ4v) is 2.46. The van der Waals surface area contributed by atoms with Gasteiger partial charge in [0.25, 0.3) is 5.88 Å². The number of nitrogens with two attached hydrogens (primary N) is 1. The van der Waals surface area contributed by atoms with Crippen molar-refractivity contribution in [2.45, 2.75) is 45.1 Å². The number of nitrogen functional groups attached to an aromatic ring is 1. The first-order valence-corrected chi connectivity index (χ1v) is 6.53. The molecule has 104 valence electrons. The Balaban J connectivity index is 2.13. The van der Waals surface area contributed by atoms with Crippen LogP contribution in [0.1, 0.15) is 39.0 Å². The summed E-state index contributed by atoms with van der Waals surface area (Å²) in [6.07, 6.45) is 6.27. The third kappa shape index (κ3) is 3.30. The zero-order valence-corrected chi connectivity index (χ0v) is 10.9. The minimum Gasteiger partial charge on any atom is -0.469 e. The molecule has 1 saturated carbocycles. The molecule has 0 aliphatic heterocycles. The van der Waals surface area contributed by atoms with E-state index in [1.54, 1.807) is 0 Å². The molecule has 1 fully saturated rings. The van der Waals surface area contributed by atoms with Gasteiger partial charge >= 0.3 is 5.69 Å². The number of nitrogens with zero attached hydrogens (tertiary/aromatic N) is 3. The van der Waals surface area contributed by atoms with Crippen molar-refractivity contribution in [3.63, 3.8) is 0 Å². The second kappa shape index (κ2) is 5.81. The van der Waals surface area contributed by atoms with Gasteiger partial charge in [0, 0.05) is 0 Å². The Morgan fingerprint density at radius 1 is 1.58 bits per heavy atom. The number of nitro groups is 1. The van der Waals surface area contributed by atoms with E-state index in [4.69, 9.17) is 10.5 Å². The monoisotopic (exact) mass is 266 g/mol. The van der Waals surface area contributed by atoms with Crippen molar-refractivity contribution in [2.75, 3.05) is 5.73 Å². The Bertz CT molecular complexity index is 466. The van der Waals surface area contributed by atoms with Crippen molar-refractivity contribution in [3.8, 4) is 5.88 Å². The van der Waals surface area contributed by atoms with Crippen LogP contribution in [0.2, 0.25) is 0 Å². The van der Waals surface area contributed by atoms with Gasteiger partial charge in [0.1, 0.15) is 12.3 Å². The van der Waals surface area contributed by atoms with Crippen LogP contribution in [0.15, 0.2) is 6.20 Å². The third-order valence-electron chi connectivity index (χ3n) is 3.54. The smallest absolute Gasteiger partial charge is 0.349 e. The predicted molar refractivity (Wildman–Crippen MR) is 69.8 cm³/mol. The Kier molecular flexibility index (Phi) is 4.13. The minimum absolute atomic E-state index is 0.0107. The van der Waals surface area contributed by atoms with E-state index in [0.717, 1.165) is 31.9 Å². The molecule has 19 heavy (non-hydrogen) atoms. The molecule has 1 aromatic heterocycles. The summed E-state index contributed by atoms with van der Waals surface area (Å²) in [6.45, 7) is 2.15. The van der Waals surface area contributed by atoms with Crippen LogP contribution in [0.25, 0.3) is 0 Å². The van der Waals surface area contributed by atoms with Crippen LogP contribution in [0.4, 0.5) is 11.6 Å². The first kappa shape index (κ1) is 13.5. The highest BCUT2D eigenvalue weighted by molar-refractivity contribution is 5.41. The molecule has 1 aliphatic carbocycles. The summed E-state index contributed by atoms with van der Waals surface area (Å²) in [5, 5.41) is 10.9. The van der Waals surface area contributed by atoms with E-state index in [0.29, 0.717) is 5.92 Å². The normalized spacial score (nSPS) is 23.0. The van der Waals surface area contributed by atoms with E-state index < -0.39 is 4.92 Å². The summed E-state index contributed by atoms with van der Waals surface area (Å²) in [7, 11) is 0. The number of anilines is 1. The van der Waals surface area contributed by atoms with Crippen LogP contribution >= 0.6 is 0 Å². The molecule has 0 radical (unpaired) electrons. The van der Waals surface area contributed by atoms with Crippen LogP contribution in [-0.2, 0) is 0 Å². The van der Waals surface area contributed by atoms with Crippen molar-refractivity contribution in [2.24, 2.45) is 5.92 Å². The lowest BCUT2D eigenvalue weighted by Gasteiger charge is -2.28. The highest BCUT2D eigenvalue weighted by atomic mass is 16.6. The summed E-state index contributed by atoms with van der Waals surface area (Å²) in [5.41, 5.74) is 5.23. The van der Waals surface area contributed by atoms with E-state index in [9.17, 15) is 10.1 Å². The van der Waals surface area contributed by atoms with Gasteiger partial charge in [-0.2, -0.15) is 4.98 Å². The highest BCUT2D eigenvalue weighted by Crippen LogP contribution is 2.32. The van der Waals surface area contributed by atoms with Gasteiger partial charge < -0.3 is 10.5 Å². The third-order valence-corrected chi connectivity index (χ3v) is 3.54. The average Bonchev–Trinajstić information content (AvgIpc) is 2.38. The lowest BCUT2D eigenvalue weighted by Crippen LogP contribution is -2.26. The molecular formula is C12H18N4O3. The van der Waals surface area contributed by atoms with Crippen molar-refractivity contribution >= 4 is 11.6 Å². The second-order valence-electron chi connectivity index (χ2n) is 4.86. The maximum Gasteiger partial charge on any atom is 0.349 e. The molecule has 1 heterocycles. The molecule has 1 aliphatic rings. The number of ether oxygens (including phenoxy) is 1. The quantitative estimate of drug-likeness (QED) is 0.662. The van der Waals surface area contributed by atoms with Gasteiger partial charge in [0.15, 0.2) is 0 Å². The molecule has 2 unspecified atom stereocenters. The van der Waals surface area contributed by atoms with E-state index >= 15 is 0 Å².